The fourth-order valence-corrected chi connectivity index (χ4v) is 2.31. The molecule has 20 heavy (non-hydrogen) atoms. The first-order valence-corrected chi connectivity index (χ1v) is 7.14. The smallest absolute Gasteiger partial charge is 0.287 e. The second kappa shape index (κ2) is 6.72. The van der Waals surface area contributed by atoms with Crippen molar-refractivity contribution in [1.82, 2.24) is 9.78 Å². The number of nitrogens with zero attached hydrogens (tertiary/aromatic N) is 2. The van der Waals surface area contributed by atoms with Crippen LogP contribution in [0, 0.1) is 0 Å². The van der Waals surface area contributed by atoms with Crippen molar-refractivity contribution in [2.24, 2.45) is 0 Å². The second-order valence-electron chi connectivity index (χ2n) is 4.09. The fraction of sp³-hybridized carbons (Fsp3) is 0.143. The quantitative estimate of drug-likeness (QED) is 0.837. The molecule has 4 nitrogen and oxygen atoms in total. The minimum absolute atomic E-state index is 0.133. The minimum Gasteiger partial charge on any atom is -0.378 e. The minimum atomic E-state index is -0.330. The molecule has 1 heterocycles. The van der Waals surface area contributed by atoms with Gasteiger partial charge in [0.05, 0.1) is 18.4 Å². The van der Waals surface area contributed by atoms with E-state index in [2.05, 4.69) is 32.9 Å². The molecule has 0 saturated carbocycles. The van der Waals surface area contributed by atoms with Crippen molar-refractivity contribution in [1.29, 1.82) is 0 Å². The third-order valence-electron chi connectivity index (χ3n) is 2.71. The summed E-state index contributed by atoms with van der Waals surface area (Å²) < 4.78 is 2.26. The summed E-state index contributed by atoms with van der Waals surface area (Å²) in [6, 6.07) is 7.83. The lowest BCUT2D eigenvalue weighted by Gasteiger charge is -2.10. The maximum absolute atomic E-state index is 11.9. The van der Waals surface area contributed by atoms with Gasteiger partial charge in [-0.15, -0.1) is 6.58 Å². The maximum atomic E-state index is 11.9. The average molecular weight is 355 g/mol. The molecule has 0 aliphatic heterocycles. The Labute approximate surface area is 130 Å². The predicted octanol–water partition coefficient (Wildman–Crippen LogP) is 3.46. The first-order valence-electron chi connectivity index (χ1n) is 5.97. The van der Waals surface area contributed by atoms with Crippen LogP contribution in [0.1, 0.15) is 5.56 Å². The van der Waals surface area contributed by atoms with Crippen LogP contribution < -0.4 is 10.9 Å². The zero-order valence-electron chi connectivity index (χ0n) is 10.6. The van der Waals surface area contributed by atoms with Crippen LogP contribution in [0.15, 0.2) is 52.4 Å². The summed E-state index contributed by atoms with van der Waals surface area (Å²) in [4.78, 5) is 11.9. The predicted molar refractivity (Wildman–Crippen MR) is 85.2 cm³/mol. The van der Waals surface area contributed by atoms with Gasteiger partial charge in [-0.1, -0.05) is 51.8 Å². The number of anilines is 1. The molecule has 2 aromatic rings. The molecule has 1 aromatic heterocycles. The number of allylic oxidation sites excluding steroid dienone is 1. The third-order valence-corrected chi connectivity index (χ3v) is 3.85. The van der Waals surface area contributed by atoms with Gasteiger partial charge in [-0.25, -0.2) is 4.68 Å². The Kier molecular flexibility index (Phi) is 4.98. The number of benzene rings is 1. The number of aromatic nitrogens is 2. The molecule has 0 radical (unpaired) electrons. The lowest BCUT2D eigenvalue weighted by Crippen LogP contribution is -2.23. The van der Waals surface area contributed by atoms with E-state index < -0.39 is 0 Å². The summed E-state index contributed by atoms with van der Waals surface area (Å²) in [6.45, 7) is 4.46. The van der Waals surface area contributed by atoms with Crippen molar-refractivity contribution in [3.05, 3.63) is 68.5 Å². The van der Waals surface area contributed by atoms with E-state index in [0.717, 1.165) is 10.0 Å². The molecule has 0 aliphatic rings. The maximum Gasteiger partial charge on any atom is 0.287 e. The van der Waals surface area contributed by atoms with Crippen molar-refractivity contribution >= 4 is 33.2 Å². The van der Waals surface area contributed by atoms with E-state index in [1.807, 2.05) is 24.3 Å². The van der Waals surface area contributed by atoms with E-state index in [0.29, 0.717) is 18.8 Å². The molecule has 1 aromatic carbocycles. The molecule has 0 unspecified atom stereocenters. The Balaban J connectivity index is 2.19. The molecule has 2 rings (SSSR count). The number of rotatable bonds is 5. The molecule has 1 N–H and O–H groups in total. The van der Waals surface area contributed by atoms with E-state index in [4.69, 9.17) is 11.6 Å². The highest BCUT2D eigenvalue weighted by molar-refractivity contribution is 9.10. The molecule has 0 aliphatic carbocycles. The van der Waals surface area contributed by atoms with Gasteiger partial charge in [-0.3, -0.25) is 4.79 Å². The summed E-state index contributed by atoms with van der Waals surface area (Å²) in [6.07, 6.45) is 3.14. The highest BCUT2D eigenvalue weighted by atomic mass is 79.9. The van der Waals surface area contributed by atoms with Crippen LogP contribution in [-0.4, -0.2) is 9.78 Å². The van der Waals surface area contributed by atoms with Gasteiger partial charge in [0.15, 0.2) is 0 Å². The largest absolute Gasteiger partial charge is 0.378 e. The van der Waals surface area contributed by atoms with Crippen LogP contribution in [0.3, 0.4) is 0 Å². The van der Waals surface area contributed by atoms with Crippen molar-refractivity contribution in [3.63, 3.8) is 0 Å². The highest BCUT2D eigenvalue weighted by Crippen LogP contribution is 2.20. The van der Waals surface area contributed by atoms with E-state index in [1.165, 1.54) is 4.68 Å². The lowest BCUT2D eigenvalue weighted by molar-refractivity contribution is 0.653. The van der Waals surface area contributed by atoms with Gasteiger partial charge >= 0.3 is 0 Å². The zero-order valence-corrected chi connectivity index (χ0v) is 13.0. The Morgan fingerprint density at radius 3 is 2.90 bits per heavy atom. The molecular weight excluding hydrogens is 342 g/mol. The van der Waals surface area contributed by atoms with Crippen molar-refractivity contribution in [2.75, 3.05) is 5.32 Å². The standard InChI is InChI=1S/C14H13BrClN3O/c1-2-7-19-14(20)13(16)12(9-18-19)17-8-10-5-3-4-6-11(10)15/h2-6,9,17H,1,7-8H2. The summed E-state index contributed by atoms with van der Waals surface area (Å²) in [5.74, 6) is 0. The van der Waals surface area contributed by atoms with Gasteiger partial charge in [0.1, 0.15) is 5.02 Å². The van der Waals surface area contributed by atoms with E-state index >= 15 is 0 Å². The van der Waals surface area contributed by atoms with Gasteiger partial charge in [-0.2, -0.15) is 5.10 Å². The van der Waals surface area contributed by atoms with E-state index in [-0.39, 0.29) is 10.6 Å². The van der Waals surface area contributed by atoms with Crippen molar-refractivity contribution in [2.45, 2.75) is 13.1 Å². The van der Waals surface area contributed by atoms with Gasteiger partial charge in [0, 0.05) is 11.0 Å². The Hall–Kier alpha value is -1.59. The molecule has 0 bridgehead atoms. The monoisotopic (exact) mass is 353 g/mol. The van der Waals surface area contributed by atoms with Gasteiger partial charge in [0.25, 0.3) is 5.56 Å². The molecule has 104 valence electrons. The lowest BCUT2D eigenvalue weighted by atomic mass is 10.2. The Morgan fingerprint density at radius 1 is 1.45 bits per heavy atom. The van der Waals surface area contributed by atoms with Gasteiger partial charge < -0.3 is 5.32 Å². The SMILES string of the molecule is C=CCn1ncc(NCc2ccccc2Br)c(Cl)c1=O. The molecule has 0 spiro atoms. The number of hydrogen-bond donors (Lipinski definition) is 1. The molecule has 6 heteroatoms. The van der Waals surface area contributed by atoms with Gasteiger partial charge in [0.2, 0.25) is 0 Å². The Bertz CT molecular complexity index is 684. The number of nitrogens with one attached hydrogen (secondary N) is 1. The van der Waals surface area contributed by atoms with Crippen molar-refractivity contribution < 1.29 is 0 Å². The van der Waals surface area contributed by atoms with Crippen LogP contribution in [0.25, 0.3) is 0 Å². The van der Waals surface area contributed by atoms with Crippen LogP contribution >= 0.6 is 27.5 Å². The first kappa shape index (κ1) is 14.8. The Morgan fingerprint density at radius 2 is 2.20 bits per heavy atom. The van der Waals surface area contributed by atoms with Crippen LogP contribution in [0.2, 0.25) is 5.02 Å². The topological polar surface area (TPSA) is 46.9 Å². The van der Waals surface area contributed by atoms with Crippen LogP contribution in [0.4, 0.5) is 5.69 Å². The van der Waals surface area contributed by atoms with Crippen LogP contribution in [-0.2, 0) is 13.1 Å². The summed E-state index contributed by atoms with van der Waals surface area (Å²) >= 11 is 9.53. The summed E-state index contributed by atoms with van der Waals surface area (Å²) in [5.41, 5.74) is 1.26. The summed E-state index contributed by atoms with van der Waals surface area (Å²) in [5, 5.41) is 7.29. The molecule has 0 fully saturated rings. The molecule has 0 amide bonds. The first-order chi connectivity index (χ1) is 9.63. The fourth-order valence-electron chi connectivity index (χ4n) is 1.67. The van der Waals surface area contributed by atoms with Crippen LogP contribution in [0.5, 0.6) is 0 Å². The molecule has 0 saturated heterocycles. The molecule has 0 atom stereocenters. The molecular formula is C14H13BrClN3O. The van der Waals surface area contributed by atoms with Crippen molar-refractivity contribution in [3.8, 4) is 0 Å². The average Bonchev–Trinajstić information content (AvgIpc) is 2.45. The second-order valence-corrected chi connectivity index (χ2v) is 5.33. The third kappa shape index (κ3) is 3.29. The van der Waals surface area contributed by atoms with E-state index in [9.17, 15) is 4.79 Å². The normalized spacial score (nSPS) is 10.3. The number of halogens is 2. The summed E-state index contributed by atoms with van der Waals surface area (Å²) in [7, 11) is 0. The number of hydrogen-bond acceptors (Lipinski definition) is 3. The highest BCUT2D eigenvalue weighted by Gasteiger charge is 2.08. The van der Waals surface area contributed by atoms with Gasteiger partial charge in [-0.05, 0) is 11.6 Å². The zero-order chi connectivity index (χ0) is 14.5. The van der Waals surface area contributed by atoms with E-state index in [1.54, 1.807) is 12.3 Å².